The zero-order chi connectivity index (χ0) is 27.7. The predicted molar refractivity (Wildman–Crippen MR) is 133 cm³/mol. The topological polar surface area (TPSA) is 134 Å². The Labute approximate surface area is 208 Å². The summed E-state index contributed by atoms with van der Waals surface area (Å²) in [5.74, 6) is -0.612. The van der Waals surface area contributed by atoms with Crippen LogP contribution in [0, 0.1) is 0 Å². The molecule has 0 fully saturated rings. The number of nitrogens with two attached hydrogens (primary N) is 1. The lowest BCUT2D eigenvalue weighted by atomic mass is 9.83. The van der Waals surface area contributed by atoms with Crippen molar-refractivity contribution in [1.29, 1.82) is 0 Å². The number of aliphatic hydroxyl groups is 2. The largest absolute Gasteiger partial charge is 0.487 e. The lowest BCUT2D eigenvalue weighted by Crippen LogP contribution is -2.49. The van der Waals surface area contributed by atoms with E-state index in [0.29, 0.717) is 24.3 Å². The maximum Gasteiger partial charge on any atom is 0.418 e. The molecule has 6 N–H and O–H groups in total. The Balaban J connectivity index is 0.00000316. The quantitative estimate of drug-likeness (QED) is 0.312. The van der Waals surface area contributed by atoms with Gasteiger partial charge in [0.25, 0.3) is 5.91 Å². The van der Waals surface area contributed by atoms with Crippen molar-refractivity contribution < 1.29 is 37.7 Å². The molecule has 2 rings (SSSR count). The van der Waals surface area contributed by atoms with E-state index in [1.807, 2.05) is 13.8 Å². The van der Waals surface area contributed by atoms with Crippen molar-refractivity contribution >= 4 is 28.9 Å². The van der Waals surface area contributed by atoms with Crippen LogP contribution >= 0.6 is 0 Å². The third kappa shape index (κ3) is 8.42. The molecule has 0 aliphatic heterocycles. The van der Waals surface area contributed by atoms with Gasteiger partial charge < -0.3 is 31.3 Å². The third-order valence-electron chi connectivity index (χ3n) is 5.57. The second kappa shape index (κ2) is 12.6. The van der Waals surface area contributed by atoms with Crippen LogP contribution in [-0.2, 0) is 15.8 Å². The first kappa shape index (κ1) is 30.7. The molecule has 1 unspecified atom stereocenters. The molecule has 200 valence electrons. The smallest absolute Gasteiger partial charge is 0.418 e. The van der Waals surface area contributed by atoms with Crippen LogP contribution in [-0.4, -0.2) is 40.3 Å². The molecule has 11 heteroatoms. The average Bonchev–Trinajstić information content (AvgIpc) is 2.81. The number of anilines is 3. The van der Waals surface area contributed by atoms with E-state index < -0.39 is 34.5 Å². The highest BCUT2D eigenvalue weighted by atomic mass is 19.4. The van der Waals surface area contributed by atoms with Crippen molar-refractivity contribution in [2.24, 2.45) is 0 Å². The Morgan fingerprint density at radius 1 is 0.972 bits per heavy atom. The van der Waals surface area contributed by atoms with Gasteiger partial charge in [0.15, 0.2) is 0 Å². The zero-order valence-electron chi connectivity index (χ0n) is 21.0. The fourth-order valence-corrected chi connectivity index (χ4v) is 3.59. The van der Waals surface area contributed by atoms with Gasteiger partial charge in [0.2, 0.25) is 5.91 Å². The van der Waals surface area contributed by atoms with E-state index in [9.17, 15) is 27.9 Å². The number of rotatable bonds is 9. The molecule has 0 aromatic heterocycles. The lowest BCUT2D eigenvalue weighted by molar-refractivity contribution is -0.139. The molecule has 0 radical (unpaired) electrons. The van der Waals surface area contributed by atoms with E-state index in [-0.39, 0.29) is 18.0 Å². The second-order valence-electron chi connectivity index (χ2n) is 8.40. The lowest BCUT2D eigenvalue weighted by Gasteiger charge is -2.38. The molecular formula is C25H34F3N3O5. The molecule has 0 aliphatic carbocycles. The summed E-state index contributed by atoms with van der Waals surface area (Å²) < 4.78 is 45.5. The Kier molecular flexibility index (Phi) is 10.7. The molecule has 36 heavy (non-hydrogen) atoms. The molecule has 0 saturated heterocycles. The van der Waals surface area contributed by atoms with E-state index in [4.69, 9.17) is 15.6 Å². The van der Waals surface area contributed by atoms with Crippen molar-refractivity contribution in [3.8, 4) is 5.75 Å². The first-order valence-electron chi connectivity index (χ1n) is 11.2. The summed E-state index contributed by atoms with van der Waals surface area (Å²) in [7, 11) is 1.00. The summed E-state index contributed by atoms with van der Waals surface area (Å²) in [6.07, 6.45) is -3.91. The Morgan fingerprint density at radius 2 is 1.50 bits per heavy atom. The van der Waals surface area contributed by atoms with Gasteiger partial charge in [-0.3, -0.25) is 9.59 Å². The molecule has 0 heterocycles. The number of aliphatic hydroxyl groups excluding tert-OH is 1. The number of carbonyl (C=O) groups is 2. The summed E-state index contributed by atoms with van der Waals surface area (Å²) >= 11 is 0. The second-order valence-corrected chi connectivity index (χ2v) is 8.40. The predicted octanol–water partition coefficient (Wildman–Crippen LogP) is 4.57. The van der Waals surface area contributed by atoms with Gasteiger partial charge in [0.1, 0.15) is 17.0 Å². The number of ether oxygens (including phenoxy) is 1. The third-order valence-corrected chi connectivity index (χ3v) is 5.57. The highest BCUT2D eigenvalue weighted by Gasteiger charge is 2.42. The van der Waals surface area contributed by atoms with Crippen LogP contribution in [0.5, 0.6) is 5.75 Å². The monoisotopic (exact) mass is 513 g/mol. The minimum Gasteiger partial charge on any atom is -0.487 e. The fourth-order valence-electron chi connectivity index (χ4n) is 3.59. The van der Waals surface area contributed by atoms with E-state index in [1.165, 1.54) is 19.9 Å². The summed E-state index contributed by atoms with van der Waals surface area (Å²) in [5.41, 5.74) is 1.41. The minimum absolute atomic E-state index is 0.118. The van der Waals surface area contributed by atoms with Crippen LogP contribution in [0.25, 0.3) is 0 Å². The van der Waals surface area contributed by atoms with Crippen LogP contribution in [0.3, 0.4) is 0 Å². The Hall–Kier alpha value is -3.31. The molecular weight excluding hydrogens is 479 g/mol. The summed E-state index contributed by atoms with van der Waals surface area (Å²) in [5, 5.41) is 23.0. The first-order valence-corrected chi connectivity index (χ1v) is 11.2. The average molecular weight is 514 g/mol. The van der Waals surface area contributed by atoms with E-state index >= 15 is 0 Å². The van der Waals surface area contributed by atoms with E-state index in [2.05, 4.69) is 10.6 Å². The first-order chi connectivity index (χ1) is 16.7. The number of carbonyl (C=O) groups excluding carboxylic acids is 2. The molecule has 0 spiro atoms. The highest BCUT2D eigenvalue weighted by molar-refractivity contribution is 5.97. The molecule has 2 amide bonds. The number of benzene rings is 2. The zero-order valence-corrected chi connectivity index (χ0v) is 21.0. The van der Waals surface area contributed by atoms with Gasteiger partial charge in [-0.25, -0.2) is 0 Å². The van der Waals surface area contributed by atoms with Crippen LogP contribution in [0.1, 0.15) is 52.5 Å². The van der Waals surface area contributed by atoms with Crippen LogP contribution in [0.15, 0.2) is 42.5 Å². The molecule has 2 aromatic carbocycles. The van der Waals surface area contributed by atoms with Gasteiger partial charge in [-0.1, -0.05) is 13.8 Å². The number of alkyl halides is 3. The minimum atomic E-state index is -4.68. The number of halogens is 3. The SMILES string of the molecule is CCC(CC)(CC(C)(O)C(=O)Nc1ccc(N)c(C(F)(F)F)c1)Oc1ccc(NC(C)=O)cc1.CO. The number of hydrogen-bond donors (Lipinski definition) is 5. The van der Waals surface area contributed by atoms with Gasteiger partial charge >= 0.3 is 6.18 Å². The van der Waals surface area contributed by atoms with Crippen LogP contribution in [0.2, 0.25) is 0 Å². The van der Waals surface area contributed by atoms with Gasteiger partial charge in [-0.15, -0.1) is 0 Å². The maximum atomic E-state index is 13.1. The van der Waals surface area contributed by atoms with Gasteiger partial charge in [-0.2, -0.15) is 13.2 Å². The van der Waals surface area contributed by atoms with Gasteiger partial charge in [-0.05, 0) is 62.2 Å². The van der Waals surface area contributed by atoms with Gasteiger partial charge in [0, 0.05) is 37.5 Å². The van der Waals surface area contributed by atoms with Crippen molar-refractivity contribution in [1.82, 2.24) is 0 Å². The molecule has 1 atom stereocenters. The molecule has 8 nitrogen and oxygen atoms in total. The molecule has 2 aromatic rings. The van der Waals surface area contributed by atoms with E-state index in [1.54, 1.807) is 24.3 Å². The summed E-state index contributed by atoms with van der Waals surface area (Å²) in [6.45, 7) is 6.37. The van der Waals surface area contributed by atoms with Crippen molar-refractivity contribution in [2.45, 2.75) is 64.3 Å². The van der Waals surface area contributed by atoms with Crippen LogP contribution in [0.4, 0.5) is 30.2 Å². The Bertz CT molecular complexity index is 1020. The van der Waals surface area contributed by atoms with Crippen molar-refractivity contribution in [3.63, 3.8) is 0 Å². The summed E-state index contributed by atoms with van der Waals surface area (Å²) in [6, 6.07) is 9.65. The molecule has 0 bridgehead atoms. The maximum absolute atomic E-state index is 13.1. The van der Waals surface area contributed by atoms with Crippen molar-refractivity contribution in [2.75, 3.05) is 23.5 Å². The molecule has 0 saturated carbocycles. The molecule has 0 aliphatic rings. The number of hydrogen-bond acceptors (Lipinski definition) is 6. The summed E-state index contributed by atoms with van der Waals surface area (Å²) in [4.78, 5) is 24.0. The van der Waals surface area contributed by atoms with Crippen molar-refractivity contribution in [3.05, 3.63) is 48.0 Å². The number of amides is 2. The Morgan fingerprint density at radius 3 is 1.97 bits per heavy atom. The fraction of sp³-hybridized carbons (Fsp3) is 0.440. The normalized spacial score (nSPS) is 13.1. The standard InChI is InChI=1S/C24H30F3N3O4.CH4O/c1-5-23(6-2,34-18-10-7-16(8-11-18)29-15(3)31)14-22(4,33)21(32)30-17-9-12-20(28)19(13-17)24(25,26)27;1-2/h7-13,33H,5-6,14,28H2,1-4H3,(H,29,31)(H,30,32);2H,1H3. The number of nitrogen functional groups attached to an aromatic ring is 1. The van der Waals surface area contributed by atoms with Crippen LogP contribution < -0.4 is 21.1 Å². The van der Waals surface area contributed by atoms with E-state index in [0.717, 1.165) is 19.2 Å². The number of nitrogens with one attached hydrogen (secondary N) is 2. The highest BCUT2D eigenvalue weighted by Crippen LogP contribution is 2.36. The van der Waals surface area contributed by atoms with Gasteiger partial charge in [0.05, 0.1) is 5.56 Å².